The number of hydrogen-bond acceptors (Lipinski definition) is 4. The summed E-state index contributed by atoms with van der Waals surface area (Å²) in [5, 5.41) is 3.42. The van der Waals surface area contributed by atoms with Crippen molar-refractivity contribution in [3.05, 3.63) is 59.1 Å². The number of rotatable bonds is 6. The van der Waals surface area contributed by atoms with E-state index in [-0.39, 0.29) is 11.9 Å². The third kappa shape index (κ3) is 5.21. The molecule has 1 N–H and O–H groups in total. The van der Waals surface area contributed by atoms with Gasteiger partial charge in [0.05, 0.1) is 10.9 Å². The van der Waals surface area contributed by atoms with Crippen molar-refractivity contribution in [1.82, 2.24) is 9.21 Å². The highest BCUT2D eigenvalue weighted by molar-refractivity contribution is 7.89. The second-order valence-corrected chi connectivity index (χ2v) is 10.2. The Morgan fingerprint density at radius 3 is 2.20 bits per heavy atom. The first-order valence-electron chi connectivity index (χ1n) is 10.1. The van der Waals surface area contributed by atoms with Gasteiger partial charge in [0.1, 0.15) is 0 Å². The van der Waals surface area contributed by atoms with Gasteiger partial charge in [-0.2, -0.15) is 4.31 Å². The van der Waals surface area contributed by atoms with Crippen LogP contribution in [0, 0.1) is 0 Å². The molecule has 1 fully saturated rings. The van der Waals surface area contributed by atoms with E-state index in [4.69, 9.17) is 11.6 Å². The molecule has 0 radical (unpaired) electrons. The number of anilines is 1. The first kappa shape index (κ1) is 22.7. The zero-order valence-electron chi connectivity index (χ0n) is 17.5. The zero-order chi connectivity index (χ0) is 21.9. The van der Waals surface area contributed by atoms with Crippen LogP contribution >= 0.6 is 11.6 Å². The minimum atomic E-state index is -3.54. The minimum absolute atomic E-state index is 0.141. The molecule has 1 aliphatic heterocycles. The molecule has 1 amide bonds. The standard InChI is InChI=1S/C22H28ClN3O3S/c1-16(2)18-7-9-21(10-8-18)30(28,29)26-13-11-25(12-14-26)17(3)22(27)24-20-6-4-5-19(23)15-20/h4-10,15-17H,11-14H2,1-3H3,(H,24,27)/t17-/m0/s1. The number of nitrogens with zero attached hydrogens (tertiary/aromatic N) is 2. The SMILES string of the molecule is CC(C)c1ccc(S(=O)(=O)N2CCN([C@@H](C)C(=O)Nc3cccc(Cl)c3)CC2)cc1. The van der Waals surface area contributed by atoms with E-state index in [0.29, 0.717) is 47.7 Å². The first-order chi connectivity index (χ1) is 14.2. The van der Waals surface area contributed by atoms with Crippen LogP contribution < -0.4 is 5.32 Å². The molecule has 8 heteroatoms. The summed E-state index contributed by atoms with van der Waals surface area (Å²) in [4.78, 5) is 14.9. The molecule has 2 aromatic carbocycles. The van der Waals surface area contributed by atoms with Gasteiger partial charge in [0, 0.05) is 36.9 Å². The summed E-state index contributed by atoms with van der Waals surface area (Å²) >= 11 is 5.97. The number of amides is 1. The highest BCUT2D eigenvalue weighted by atomic mass is 35.5. The van der Waals surface area contributed by atoms with E-state index in [9.17, 15) is 13.2 Å². The number of benzene rings is 2. The molecular weight excluding hydrogens is 422 g/mol. The molecule has 0 aliphatic carbocycles. The van der Waals surface area contributed by atoms with E-state index >= 15 is 0 Å². The van der Waals surface area contributed by atoms with Crippen molar-refractivity contribution in [3.63, 3.8) is 0 Å². The van der Waals surface area contributed by atoms with E-state index < -0.39 is 10.0 Å². The smallest absolute Gasteiger partial charge is 0.243 e. The van der Waals surface area contributed by atoms with Gasteiger partial charge in [0.2, 0.25) is 15.9 Å². The van der Waals surface area contributed by atoms with Gasteiger partial charge in [-0.3, -0.25) is 9.69 Å². The fourth-order valence-corrected chi connectivity index (χ4v) is 5.10. The summed E-state index contributed by atoms with van der Waals surface area (Å²) in [5.41, 5.74) is 1.75. The Balaban J connectivity index is 1.59. The van der Waals surface area contributed by atoms with E-state index in [1.807, 2.05) is 24.0 Å². The lowest BCUT2D eigenvalue weighted by molar-refractivity contribution is -0.121. The van der Waals surface area contributed by atoms with Crippen molar-refractivity contribution >= 4 is 33.2 Å². The Bertz CT molecular complexity index is 985. The van der Waals surface area contributed by atoms with Crippen LogP contribution in [-0.4, -0.2) is 55.8 Å². The molecule has 1 aliphatic rings. The van der Waals surface area contributed by atoms with Crippen molar-refractivity contribution in [2.24, 2.45) is 0 Å². The van der Waals surface area contributed by atoms with Gasteiger partial charge < -0.3 is 5.32 Å². The topological polar surface area (TPSA) is 69.7 Å². The maximum atomic E-state index is 13.0. The Hall–Kier alpha value is -1.93. The lowest BCUT2D eigenvalue weighted by Gasteiger charge is -2.36. The molecule has 1 saturated heterocycles. The van der Waals surface area contributed by atoms with Gasteiger partial charge in [-0.15, -0.1) is 0 Å². The highest BCUT2D eigenvalue weighted by Crippen LogP contribution is 2.22. The third-order valence-electron chi connectivity index (χ3n) is 5.48. The maximum absolute atomic E-state index is 13.0. The molecule has 1 atom stereocenters. The number of sulfonamides is 1. The van der Waals surface area contributed by atoms with Gasteiger partial charge in [-0.1, -0.05) is 43.6 Å². The normalized spacial score (nSPS) is 17.1. The molecule has 162 valence electrons. The van der Waals surface area contributed by atoms with E-state index in [1.54, 1.807) is 36.4 Å². The molecule has 0 bridgehead atoms. The Kier molecular flexibility index (Phi) is 7.18. The quantitative estimate of drug-likeness (QED) is 0.728. The predicted molar refractivity (Wildman–Crippen MR) is 120 cm³/mol. The van der Waals surface area contributed by atoms with Crippen LogP contribution in [0.15, 0.2) is 53.4 Å². The number of carbonyl (C=O) groups is 1. The number of nitrogens with one attached hydrogen (secondary N) is 1. The highest BCUT2D eigenvalue weighted by Gasteiger charge is 2.31. The number of halogens is 1. The second kappa shape index (κ2) is 9.47. The molecule has 30 heavy (non-hydrogen) atoms. The molecule has 0 saturated carbocycles. The lowest BCUT2D eigenvalue weighted by Crippen LogP contribution is -2.53. The summed E-state index contributed by atoms with van der Waals surface area (Å²) in [5.74, 6) is 0.211. The molecule has 0 aromatic heterocycles. The van der Waals surface area contributed by atoms with Gasteiger partial charge in [-0.05, 0) is 48.7 Å². The summed E-state index contributed by atoms with van der Waals surface area (Å²) < 4.78 is 27.4. The van der Waals surface area contributed by atoms with E-state index in [0.717, 1.165) is 5.56 Å². The van der Waals surface area contributed by atoms with Crippen LogP contribution in [0.4, 0.5) is 5.69 Å². The van der Waals surface area contributed by atoms with Crippen LogP contribution in [0.5, 0.6) is 0 Å². The van der Waals surface area contributed by atoms with Crippen molar-refractivity contribution in [2.75, 3.05) is 31.5 Å². The third-order valence-corrected chi connectivity index (χ3v) is 7.63. The average Bonchev–Trinajstić information content (AvgIpc) is 2.73. The summed E-state index contributed by atoms with van der Waals surface area (Å²) in [6.07, 6.45) is 0. The minimum Gasteiger partial charge on any atom is -0.325 e. The molecule has 2 aromatic rings. The van der Waals surface area contributed by atoms with Crippen molar-refractivity contribution in [3.8, 4) is 0 Å². The molecule has 1 heterocycles. The van der Waals surface area contributed by atoms with Gasteiger partial charge >= 0.3 is 0 Å². The fourth-order valence-electron chi connectivity index (χ4n) is 3.48. The molecule has 0 unspecified atom stereocenters. The van der Waals surface area contributed by atoms with Crippen molar-refractivity contribution in [1.29, 1.82) is 0 Å². The first-order valence-corrected chi connectivity index (χ1v) is 11.9. The molecule has 3 rings (SSSR count). The number of carbonyl (C=O) groups excluding carboxylic acids is 1. The zero-order valence-corrected chi connectivity index (χ0v) is 19.1. The largest absolute Gasteiger partial charge is 0.325 e. The number of hydrogen-bond donors (Lipinski definition) is 1. The van der Waals surface area contributed by atoms with Gasteiger partial charge in [-0.25, -0.2) is 8.42 Å². The van der Waals surface area contributed by atoms with Crippen LogP contribution in [0.3, 0.4) is 0 Å². The van der Waals surface area contributed by atoms with Gasteiger partial charge in [0.25, 0.3) is 0 Å². The number of piperazine rings is 1. The Labute approximate surface area is 183 Å². The van der Waals surface area contributed by atoms with Crippen LogP contribution in [0.1, 0.15) is 32.3 Å². The van der Waals surface area contributed by atoms with Crippen molar-refractivity contribution < 1.29 is 13.2 Å². The molecule has 6 nitrogen and oxygen atoms in total. The van der Waals surface area contributed by atoms with E-state index in [2.05, 4.69) is 19.2 Å². The van der Waals surface area contributed by atoms with Gasteiger partial charge in [0.15, 0.2) is 0 Å². The Morgan fingerprint density at radius 2 is 1.63 bits per heavy atom. The Morgan fingerprint density at radius 1 is 1.00 bits per heavy atom. The summed E-state index contributed by atoms with van der Waals surface area (Å²) in [6, 6.07) is 13.7. The van der Waals surface area contributed by atoms with Crippen LogP contribution in [0.25, 0.3) is 0 Å². The molecular formula is C22H28ClN3O3S. The van der Waals surface area contributed by atoms with E-state index in [1.165, 1.54) is 4.31 Å². The van der Waals surface area contributed by atoms with Crippen LogP contribution in [0.2, 0.25) is 5.02 Å². The monoisotopic (exact) mass is 449 g/mol. The second-order valence-electron chi connectivity index (χ2n) is 7.84. The predicted octanol–water partition coefficient (Wildman–Crippen LogP) is 3.80. The van der Waals surface area contributed by atoms with Crippen LogP contribution in [-0.2, 0) is 14.8 Å². The maximum Gasteiger partial charge on any atom is 0.243 e. The average molecular weight is 450 g/mol. The van der Waals surface area contributed by atoms with Crippen molar-refractivity contribution in [2.45, 2.75) is 37.6 Å². The lowest BCUT2D eigenvalue weighted by atomic mass is 10.0. The summed E-state index contributed by atoms with van der Waals surface area (Å²) in [6.45, 7) is 7.67. The summed E-state index contributed by atoms with van der Waals surface area (Å²) in [7, 11) is -3.54. The molecule has 0 spiro atoms. The fraction of sp³-hybridized carbons (Fsp3) is 0.409.